The van der Waals surface area contributed by atoms with Crippen LogP contribution < -0.4 is 5.73 Å². The molecule has 2 saturated carbocycles. The van der Waals surface area contributed by atoms with Crippen LogP contribution in [-0.4, -0.2) is 55.1 Å². The van der Waals surface area contributed by atoms with Crippen molar-refractivity contribution in [1.82, 2.24) is 9.80 Å². The largest absolute Gasteiger partial charge is 0.327 e. The van der Waals surface area contributed by atoms with Gasteiger partial charge in [0.15, 0.2) is 0 Å². The zero-order valence-corrected chi connectivity index (χ0v) is 10.5. The molecule has 1 heterocycles. The number of piperazine rings is 1. The van der Waals surface area contributed by atoms with Gasteiger partial charge in [-0.3, -0.25) is 4.90 Å². The summed E-state index contributed by atoms with van der Waals surface area (Å²) in [5.41, 5.74) is 6.65. The van der Waals surface area contributed by atoms with Gasteiger partial charge in [-0.2, -0.15) is 0 Å². The minimum Gasteiger partial charge on any atom is -0.327 e. The Labute approximate surface area is 99.0 Å². The molecule has 3 nitrogen and oxygen atoms in total. The van der Waals surface area contributed by atoms with Gasteiger partial charge in [0.1, 0.15) is 0 Å². The van der Waals surface area contributed by atoms with Gasteiger partial charge in [0, 0.05) is 38.3 Å². The first-order valence-electron chi connectivity index (χ1n) is 6.88. The second kappa shape index (κ2) is 3.97. The Bertz CT molecular complexity index is 250. The lowest BCUT2D eigenvalue weighted by Gasteiger charge is -2.41. The SMILES string of the molecule is CN1CCN(C2CCC3(CC2)CC3N)CC1. The highest BCUT2D eigenvalue weighted by Crippen LogP contribution is 2.55. The fourth-order valence-corrected chi connectivity index (χ4v) is 3.68. The summed E-state index contributed by atoms with van der Waals surface area (Å²) in [6, 6.07) is 1.41. The van der Waals surface area contributed by atoms with E-state index in [2.05, 4.69) is 16.8 Å². The van der Waals surface area contributed by atoms with Gasteiger partial charge < -0.3 is 10.6 Å². The summed E-state index contributed by atoms with van der Waals surface area (Å²) in [5.74, 6) is 0. The van der Waals surface area contributed by atoms with Crippen molar-refractivity contribution in [2.75, 3.05) is 33.2 Å². The summed E-state index contributed by atoms with van der Waals surface area (Å²) in [4.78, 5) is 5.17. The summed E-state index contributed by atoms with van der Waals surface area (Å²) < 4.78 is 0. The molecular weight excluding hydrogens is 198 g/mol. The third-order valence-electron chi connectivity index (χ3n) is 5.26. The van der Waals surface area contributed by atoms with Crippen LogP contribution in [0.5, 0.6) is 0 Å². The number of nitrogens with two attached hydrogens (primary N) is 1. The van der Waals surface area contributed by atoms with E-state index in [0.717, 1.165) is 6.04 Å². The molecule has 3 heteroatoms. The van der Waals surface area contributed by atoms with Crippen LogP contribution in [0.25, 0.3) is 0 Å². The summed E-state index contributed by atoms with van der Waals surface area (Å²) in [6.45, 7) is 5.06. The van der Waals surface area contributed by atoms with Gasteiger partial charge >= 0.3 is 0 Å². The Morgan fingerprint density at radius 2 is 1.62 bits per heavy atom. The monoisotopic (exact) mass is 223 g/mol. The molecule has 0 aromatic carbocycles. The smallest absolute Gasteiger partial charge is 0.0113 e. The highest BCUT2D eigenvalue weighted by molar-refractivity contribution is 5.08. The first-order chi connectivity index (χ1) is 7.70. The van der Waals surface area contributed by atoms with Gasteiger partial charge in [-0.25, -0.2) is 0 Å². The normalized spacial score (nSPS) is 46.1. The zero-order chi connectivity index (χ0) is 11.2. The van der Waals surface area contributed by atoms with Crippen LogP contribution in [0.4, 0.5) is 0 Å². The molecule has 0 radical (unpaired) electrons. The van der Waals surface area contributed by atoms with Crippen LogP contribution in [0, 0.1) is 5.41 Å². The van der Waals surface area contributed by atoms with E-state index in [1.165, 1.54) is 58.3 Å². The van der Waals surface area contributed by atoms with Crippen molar-refractivity contribution in [3.8, 4) is 0 Å². The molecule has 3 aliphatic rings. The molecule has 1 aliphatic heterocycles. The van der Waals surface area contributed by atoms with Crippen molar-refractivity contribution in [2.24, 2.45) is 11.1 Å². The lowest BCUT2D eigenvalue weighted by Crippen LogP contribution is -2.50. The Morgan fingerprint density at radius 3 is 2.12 bits per heavy atom. The number of hydrogen-bond acceptors (Lipinski definition) is 3. The number of rotatable bonds is 1. The molecule has 1 saturated heterocycles. The van der Waals surface area contributed by atoms with Crippen molar-refractivity contribution < 1.29 is 0 Å². The minimum absolute atomic E-state index is 0.543. The molecule has 0 bridgehead atoms. The van der Waals surface area contributed by atoms with Crippen molar-refractivity contribution in [1.29, 1.82) is 0 Å². The average Bonchev–Trinajstić information content (AvgIpc) is 2.91. The Morgan fingerprint density at radius 1 is 1.06 bits per heavy atom. The molecular formula is C13H25N3. The van der Waals surface area contributed by atoms with Crippen LogP contribution in [0.3, 0.4) is 0 Å². The predicted molar refractivity (Wildman–Crippen MR) is 66.4 cm³/mol. The topological polar surface area (TPSA) is 32.5 Å². The fraction of sp³-hybridized carbons (Fsp3) is 1.00. The Kier molecular flexibility index (Phi) is 2.73. The lowest BCUT2D eigenvalue weighted by molar-refractivity contribution is 0.0771. The molecule has 1 atom stereocenters. The first-order valence-corrected chi connectivity index (χ1v) is 6.88. The van der Waals surface area contributed by atoms with Crippen molar-refractivity contribution in [2.45, 2.75) is 44.2 Å². The summed E-state index contributed by atoms with van der Waals surface area (Å²) >= 11 is 0. The first kappa shape index (κ1) is 11.0. The molecule has 3 fully saturated rings. The Hall–Kier alpha value is -0.120. The molecule has 1 spiro atoms. The van der Waals surface area contributed by atoms with Crippen LogP contribution in [0.15, 0.2) is 0 Å². The Balaban J connectivity index is 1.50. The molecule has 1 unspecified atom stereocenters. The van der Waals surface area contributed by atoms with E-state index in [0.29, 0.717) is 11.5 Å². The molecule has 0 aromatic rings. The van der Waals surface area contributed by atoms with Gasteiger partial charge in [-0.15, -0.1) is 0 Å². The highest BCUT2D eigenvalue weighted by Gasteiger charge is 2.53. The van der Waals surface area contributed by atoms with Gasteiger partial charge in [0.2, 0.25) is 0 Å². The molecule has 2 N–H and O–H groups in total. The standard InChI is InChI=1S/C13H25N3/c1-15-6-8-16(9-7-15)11-2-4-13(5-3-11)10-12(13)14/h11-12H,2-10,14H2,1H3. The van der Waals surface area contributed by atoms with E-state index in [9.17, 15) is 0 Å². The lowest BCUT2D eigenvalue weighted by atomic mass is 9.82. The number of nitrogens with zero attached hydrogens (tertiary/aromatic N) is 2. The zero-order valence-electron chi connectivity index (χ0n) is 10.5. The molecule has 92 valence electrons. The van der Waals surface area contributed by atoms with Gasteiger partial charge in [-0.05, 0) is 44.6 Å². The third-order valence-corrected chi connectivity index (χ3v) is 5.26. The van der Waals surface area contributed by atoms with E-state index >= 15 is 0 Å². The molecule has 0 amide bonds. The van der Waals surface area contributed by atoms with Crippen molar-refractivity contribution in [3.05, 3.63) is 0 Å². The van der Waals surface area contributed by atoms with Crippen LogP contribution in [0.2, 0.25) is 0 Å². The van der Waals surface area contributed by atoms with Gasteiger partial charge in [0.25, 0.3) is 0 Å². The number of hydrogen-bond donors (Lipinski definition) is 1. The van der Waals surface area contributed by atoms with Crippen molar-refractivity contribution in [3.63, 3.8) is 0 Å². The van der Waals surface area contributed by atoms with Crippen LogP contribution in [0.1, 0.15) is 32.1 Å². The molecule has 0 aromatic heterocycles. The van der Waals surface area contributed by atoms with E-state index < -0.39 is 0 Å². The third kappa shape index (κ3) is 1.89. The quantitative estimate of drug-likeness (QED) is 0.717. The fourth-order valence-electron chi connectivity index (χ4n) is 3.68. The summed E-state index contributed by atoms with van der Waals surface area (Å²) in [7, 11) is 2.23. The van der Waals surface area contributed by atoms with Gasteiger partial charge in [0.05, 0.1) is 0 Å². The van der Waals surface area contributed by atoms with E-state index in [1.807, 2.05) is 0 Å². The maximum absolute atomic E-state index is 6.05. The van der Waals surface area contributed by atoms with E-state index in [1.54, 1.807) is 0 Å². The maximum Gasteiger partial charge on any atom is 0.0113 e. The molecule has 2 aliphatic carbocycles. The highest BCUT2D eigenvalue weighted by atomic mass is 15.3. The molecule has 3 rings (SSSR count). The second-order valence-corrected chi connectivity index (χ2v) is 6.24. The van der Waals surface area contributed by atoms with Gasteiger partial charge in [-0.1, -0.05) is 0 Å². The van der Waals surface area contributed by atoms with E-state index in [-0.39, 0.29) is 0 Å². The second-order valence-electron chi connectivity index (χ2n) is 6.24. The predicted octanol–water partition coefficient (Wildman–Crippen LogP) is 0.894. The number of likely N-dealkylation sites (N-methyl/N-ethyl adjacent to an activating group) is 1. The van der Waals surface area contributed by atoms with E-state index in [4.69, 9.17) is 5.73 Å². The van der Waals surface area contributed by atoms with Crippen molar-refractivity contribution >= 4 is 0 Å². The summed E-state index contributed by atoms with van der Waals surface area (Å²) in [6.07, 6.45) is 6.90. The summed E-state index contributed by atoms with van der Waals surface area (Å²) in [5, 5.41) is 0. The molecule has 16 heavy (non-hydrogen) atoms. The maximum atomic E-state index is 6.05. The van der Waals surface area contributed by atoms with Crippen LogP contribution in [-0.2, 0) is 0 Å². The average molecular weight is 223 g/mol. The minimum atomic E-state index is 0.543. The van der Waals surface area contributed by atoms with Crippen LogP contribution >= 0.6 is 0 Å².